The van der Waals surface area contributed by atoms with Gasteiger partial charge >= 0.3 is 15.6 Å². The molecule has 0 saturated carbocycles. The summed E-state index contributed by atoms with van der Waals surface area (Å²) in [5.74, 6) is 0. The molecule has 40 heavy (non-hydrogen) atoms. The lowest BCUT2D eigenvalue weighted by atomic mass is 9.98. The van der Waals surface area contributed by atoms with Crippen LogP contribution in [-0.4, -0.2) is 56.3 Å². The fourth-order valence-corrected chi connectivity index (χ4v) is 4.74. The van der Waals surface area contributed by atoms with Gasteiger partial charge in [-0.05, 0) is 16.7 Å². The van der Waals surface area contributed by atoms with E-state index >= 15 is 0 Å². The molecule has 12 heteroatoms. The Morgan fingerprint density at radius 2 is 1.15 bits per heavy atom. The van der Waals surface area contributed by atoms with Crippen molar-refractivity contribution < 1.29 is 49.8 Å². The van der Waals surface area contributed by atoms with Crippen LogP contribution in [0, 0.1) is 0 Å². The maximum absolute atomic E-state index is 13.4. The quantitative estimate of drug-likeness (QED) is 0.249. The van der Waals surface area contributed by atoms with Gasteiger partial charge in [-0.1, -0.05) is 91.0 Å². The van der Waals surface area contributed by atoms with Crippen molar-refractivity contribution in [1.29, 1.82) is 0 Å². The number of hydrogen-bond donors (Lipinski definition) is 1. The second kappa shape index (κ2) is 13.7. The van der Waals surface area contributed by atoms with Crippen LogP contribution in [0.3, 0.4) is 0 Å². The molecule has 0 aromatic heterocycles. The highest BCUT2D eigenvalue weighted by atomic mass is 32.2. The third-order valence-corrected chi connectivity index (χ3v) is 7.14. The maximum atomic E-state index is 13.4. The van der Waals surface area contributed by atoms with Gasteiger partial charge in [0.05, 0.1) is 26.4 Å². The summed E-state index contributed by atoms with van der Waals surface area (Å²) in [6.45, 7) is -0.402. The molecule has 1 N–H and O–H groups in total. The van der Waals surface area contributed by atoms with Gasteiger partial charge in [0.2, 0.25) is 0 Å². The molecule has 0 amide bonds. The van der Waals surface area contributed by atoms with Crippen LogP contribution in [0.1, 0.15) is 16.7 Å². The van der Waals surface area contributed by atoms with Crippen molar-refractivity contribution in [2.75, 3.05) is 6.61 Å². The zero-order valence-corrected chi connectivity index (χ0v) is 22.0. The van der Waals surface area contributed by atoms with E-state index < -0.39 is 46.3 Å². The number of ether oxygens (including phenoxy) is 4. The second-order valence-corrected chi connectivity index (χ2v) is 10.6. The Morgan fingerprint density at radius 1 is 0.700 bits per heavy atom. The van der Waals surface area contributed by atoms with Crippen molar-refractivity contribution in [3.05, 3.63) is 108 Å². The van der Waals surface area contributed by atoms with Gasteiger partial charge in [-0.3, -0.25) is 4.18 Å². The highest BCUT2D eigenvalue weighted by Crippen LogP contribution is 2.34. The summed E-state index contributed by atoms with van der Waals surface area (Å²) in [5.41, 5.74) is -3.61. The number of aliphatic hydroxyl groups is 1. The van der Waals surface area contributed by atoms with E-state index in [-0.39, 0.29) is 26.4 Å². The maximum Gasteiger partial charge on any atom is 0.523 e. The summed E-state index contributed by atoms with van der Waals surface area (Å²) in [6, 6.07) is 26.4. The van der Waals surface area contributed by atoms with Crippen LogP contribution in [0.15, 0.2) is 91.0 Å². The van der Waals surface area contributed by atoms with E-state index in [2.05, 4.69) is 0 Å². The minimum absolute atomic E-state index is 0.114. The minimum Gasteiger partial charge on any atom is -0.374 e. The summed E-state index contributed by atoms with van der Waals surface area (Å²) in [7, 11) is -6.11. The van der Waals surface area contributed by atoms with Crippen molar-refractivity contribution in [3.63, 3.8) is 0 Å². The van der Waals surface area contributed by atoms with Crippen LogP contribution >= 0.6 is 0 Å². The van der Waals surface area contributed by atoms with E-state index in [9.17, 15) is 26.7 Å². The predicted octanol–water partition coefficient (Wildman–Crippen LogP) is 4.33. The van der Waals surface area contributed by atoms with Crippen molar-refractivity contribution in [3.8, 4) is 0 Å². The smallest absolute Gasteiger partial charge is 0.374 e. The van der Waals surface area contributed by atoms with Crippen LogP contribution in [0.25, 0.3) is 0 Å². The number of benzene rings is 3. The number of alkyl halides is 3. The van der Waals surface area contributed by atoms with Crippen molar-refractivity contribution >= 4 is 10.1 Å². The van der Waals surface area contributed by atoms with Gasteiger partial charge in [0.25, 0.3) is 0 Å². The van der Waals surface area contributed by atoms with Crippen LogP contribution < -0.4 is 0 Å². The molecule has 0 spiro atoms. The molecular weight excluding hydrogens is 553 g/mol. The Balaban J connectivity index is 1.61. The molecule has 0 radical (unpaired) electrons. The van der Waals surface area contributed by atoms with E-state index in [0.29, 0.717) is 11.1 Å². The largest absolute Gasteiger partial charge is 0.523 e. The van der Waals surface area contributed by atoms with E-state index in [4.69, 9.17) is 23.1 Å². The topological polar surface area (TPSA) is 101 Å². The molecule has 4 rings (SSSR count). The third-order valence-electron chi connectivity index (χ3n) is 6.09. The Labute approximate surface area is 230 Å². The van der Waals surface area contributed by atoms with Gasteiger partial charge in [0, 0.05) is 0 Å². The molecule has 0 unspecified atom stereocenters. The van der Waals surface area contributed by atoms with Crippen molar-refractivity contribution in [1.82, 2.24) is 0 Å². The molecule has 1 heterocycles. The molecule has 216 valence electrons. The Morgan fingerprint density at radius 3 is 1.62 bits per heavy atom. The summed E-state index contributed by atoms with van der Waals surface area (Å²) in [4.78, 5) is 0. The lowest BCUT2D eigenvalue weighted by Crippen LogP contribution is -2.62. The molecule has 0 aliphatic carbocycles. The van der Waals surface area contributed by atoms with E-state index in [0.717, 1.165) is 5.56 Å². The SMILES string of the molecule is O=S(=O)(O[C@@H]1[C@@H](OCc2ccccc2)[C@@H](O)O[C@H](COCc2ccccc2)[C@H]1OCc1ccccc1)C(F)(F)F. The van der Waals surface area contributed by atoms with Gasteiger partial charge in [-0.15, -0.1) is 0 Å². The van der Waals surface area contributed by atoms with Gasteiger partial charge in [0.15, 0.2) is 6.29 Å². The summed E-state index contributed by atoms with van der Waals surface area (Å²) >= 11 is 0. The van der Waals surface area contributed by atoms with E-state index in [1.165, 1.54) is 0 Å². The predicted molar refractivity (Wildman–Crippen MR) is 137 cm³/mol. The van der Waals surface area contributed by atoms with Gasteiger partial charge < -0.3 is 24.1 Å². The second-order valence-electron chi connectivity index (χ2n) is 9.05. The molecule has 1 saturated heterocycles. The molecular formula is C28H29F3O8S. The van der Waals surface area contributed by atoms with Crippen LogP contribution in [0.5, 0.6) is 0 Å². The fourth-order valence-electron chi connectivity index (χ4n) is 4.12. The lowest BCUT2D eigenvalue weighted by molar-refractivity contribution is -0.304. The molecule has 1 fully saturated rings. The lowest BCUT2D eigenvalue weighted by Gasteiger charge is -2.43. The first-order valence-corrected chi connectivity index (χ1v) is 13.8. The highest BCUT2D eigenvalue weighted by Gasteiger charge is 2.55. The average molecular weight is 583 g/mol. The average Bonchev–Trinajstić information content (AvgIpc) is 2.93. The fraction of sp³-hybridized carbons (Fsp3) is 0.357. The van der Waals surface area contributed by atoms with Gasteiger partial charge in [-0.25, -0.2) is 0 Å². The first kappa shape index (κ1) is 30.1. The van der Waals surface area contributed by atoms with Gasteiger partial charge in [-0.2, -0.15) is 21.6 Å². The van der Waals surface area contributed by atoms with Crippen molar-refractivity contribution in [2.45, 2.75) is 56.0 Å². The highest BCUT2D eigenvalue weighted by molar-refractivity contribution is 7.87. The summed E-state index contributed by atoms with van der Waals surface area (Å²) in [5, 5.41) is 10.8. The Bertz CT molecular complexity index is 1280. The number of rotatable bonds is 12. The molecule has 3 aromatic carbocycles. The normalized spacial score (nSPS) is 23.6. The number of halogens is 3. The monoisotopic (exact) mass is 582 g/mol. The number of aliphatic hydroxyl groups excluding tert-OH is 1. The zero-order valence-electron chi connectivity index (χ0n) is 21.2. The molecule has 1 aliphatic rings. The summed E-state index contributed by atoms with van der Waals surface area (Å²) < 4.78 is 92.3. The Kier molecular flexibility index (Phi) is 10.3. The third kappa shape index (κ3) is 8.10. The van der Waals surface area contributed by atoms with E-state index in [1.54, 1.807) is 60.7 Å². The van der Waals surface area contributed by atoms with Crippen molar-refractivity contribution in [2.24, 2.45) is 0 Å². The molecule has 5 atom stereocenters. The zero-order chi connectivity index (χ0) is 28.6. The first-order valence-electron chi connectivity index (χ1n) is 12.4. The van der Waals surface area contributed by atoms with Crippen LogP contribution in [0.2, 0.25) is 0 Å². The Hall–Kier alpha value is -2.84. The molecule has 1 aliphatic heterocycles. The molecule has 0 bridgehead atoms. The van der Waals surface area contributed by atoms with E-state index in [1.807, 2.05) is 30.3 Å². The first-order chi connectivity index (χ1) is 19.1. The van der Waals surface area contributed by atoms with Crippen LogP contribution in [0.4, 0.5) is 13.2 Å². The number of hydrogen-bond acceptors (Lipinski definition) is 8. The standard InChI is InChI=1S/C28H29F3O8S/c29-28(30,31)40(33,34)39-25-24(36-17-21-12-6-2-7-13-21)23(19-35-16-20-10-4-1-5-11-20)38-27(32)26(25)37-18-22-14-8-3-9-15-22/h1-15,23-27,32H,16-19H2/t23-,24-,25+,26-,27+/m1/s1. The minimum atomic E-state index is -6.11. The molecule has 3 aromatic rings. The van der Waals surface area contributed by atoms with Gasteiger partial charge in [0.1, 0.15) is 24.4 Å². The van der Waals surface area contributed by atoms with Crippen LogP contribution in [-0.2, 0) is 53.1 Å². The molecule has 8 nitrogen and oxygen atoms in total. The summed E-state index contributed by atoms with van der Waals surface area (Å²) in [6.07, 6.45) is -8.06.